The van der Waals surface area contributed by atoms with Gasteiger partial charge >= 0.3 is 0 Å². The van der Waals surface area contributed by atoms with Gasteiger partial charge in [0.15, 0.2) is 0 Å². The lowest BCUT2D eigenvalue weighted by Gasteiger charge is -2.49. The lowest BCUT2D eigenvalue weighted by molar-refractivity contribution is -0.124. The van der Waals surface area contributed by atoms with E-state index in [1.165, 1.54) is 16.8 Å². The van der Waals surface area contributed by atoms with Crippen molar-refractivity contribution in [1.29, 1.82) is 0 Å². The molecule has 2 aromatic rings. The van der Waals surface area contributed by atoms with Crippen LogP contribution >= 0.6 is 15.9 Å². The van der Waals surface area contributed by atoms with E-state index in [0.29, 0.717) is 6.42 Å². The molecule has 2 heterocycles. The van der Waals surface area contributed by atoms with Crippen LogP contribution in [0, 0.1) is 0 Å². The maximum absolute atomic E-state index is 12.5. The number of nitrogens with one attached hydrogen (secondary N) is 1. The molecule has 1 fully saturated rings. The minimum Gasteiger partial charge on any atom is -0.344 e. The molecule has 1 saturated heterocycles. The minimum absolute atomic E-state index is 0.114. The molecule has 0 bridgehead atoms. The number of hydrogen-bond acceptors (Lipinski definition) is 2. The summed E-state index contributed by atoms with van der Waals surface area (Å²) in [5.74, 6) is 0.114. The van der Waals surface area contributed by atoms with Crippen LogP contribution in [0.4, 0.5) is 5.69 Å². The van der Waals surface area contributed by atoms with Gasteiger partial charge in [-0.2, -0.15) is 0 Å². The van der Waals surface area contributed by atoms with Gasteiger partial charge in [0, 0.05) is 28.5 Å². The first-order valence-electron chi connectivity index (χ1n) is 9.54. The SMILES string of the molecule is CCc1ccc2c(c1)C(C)(C)C1(C=Cc3ccc(Br)cc3)NC(=O)CCN21. The van der Waals surface area contributed by atoms with Crippen molar-refractivity contribution < 1.29 is 4.79 Å². The number of amides is 1. The van der Waals surface area contributed by atoms with E-state index >= 15 is 0 Å². The van der Waals surface area contributed by atoms with Gasteiger partial charge in [0.2, 0.25) is 5.91 Å². The number of halogens is 1. The number of hydrogen-bond donors (Lipinski definition) is 1. The highest BCUT2D eigenvalue weighted by Gasteiger charge is 2.57. The monoisotopic (exact) mass is 424 g/mol. The molecule has 1 amide bonds. The summed E-state index contributed by atoms with van der Waals surface area (Å²) < 4.78 is 1.06. The quantitative estimate of drug-likeness (QED) is 0.748. The summed E-state index contributed by atoms with van der Waals surface area (Å²) in [6, 6.07) is 15.0. The van der Waals surface area contributed by atoms with Crippen molar-refractivity contribution in [3.8, 4) is 0 Å². The lowest BCUT2D eigenvalue weighted by atomic mass is 9.74. The number of rotatable bonds is 3. The van der Waals surface area contributed by atoms with Crippen LogP contribution in [-0.2, 0) is 16.6 Å². The standard InChI is InChI=1S/C23H25BrN2O/c1-4-16-7-10-20-19(15-16)22(2,3)23(25-21(27)12-14-26(20)23)13-11-17-5-8-18(24)9-6-17/h5-11,13,15H,4,12,14H2,1-3H3,(H,25,27). The number of carbonyl (C=O) groups excluding carboxylic acids is 1. The Balaban J connectivity index is 1.84. The molecule has 3 nitrogen and oxygen atoms in total. The van der Waals surface area contributed by atoms with Crippen molar-refractivity contribution in [3.63, 3.8) is 0 Å². The molecular weight excluding hydrogens is 400 g/mol. The fourth-order valence-corrected chi connectivity index (χ4v) is 4.68. The van der Waals surface area contributed by atoms with Crippen LogP contribution in [-0.4, -0.2) is 18.1 Å². The van der Waals surface area contributed by atoms with Gasteiger partial charge in [-0.15, -0.1) is 0 Å². The molecule has 4 rings (SSSR count). The number of carbonyl (C=O) groups is 1. The fourth-order valence-electron chi connectivity index (χ4n) is 4.41. The predicted octanol–water partition coefficient (Wildman–Crippen LogP) is 5.04. The summed E-state index contributed by atoms with van der Waals surface area (Å²) in [5.41, 5.74) is 4.20. The number of fused-ring (bicyclic) bond motifs is 3. The van der Waals surface area contributed by atoms with E-state index in [-0.39, 0.29) is 11.3 Å². The van der Waals surface area contributed by atoms with Gasteiger partial charge in [0.05, 0.1) is 0 Å². The van der Waals surface area contributed by atoms with Gasteiger partial charge in [-0.3, -0.25) is 4.79 Å². The Labute approximate surface area is 169 Å². The van der Waals surface area contributed by atoms with Crippen LogP contribution < -0.4 is 10.2 Å². The second-order valence-electron chi connectivity index (χ2n) is 7.93. The highest BCUT2D eigenvalue weighted by Crippen LogP contribution is 2.52. The Kier molecular flexibility index (Phi) is 4.42. The van der Waals surface area contributed by atoms with E-state index < -0.39 is 5.66 Å². The third-order valence-corrected chi connectivity index (χ3v) is 6.62. The van der Waals surface area contributed by atoms with Gasteiger partial charge in [0.25, 0.3) is 0 Å². The van der Waals surface area contributed by atoms with E-state index in [1.807, 2.05) is 12.1 Å². The van der Waals surface area contributed by atoms with Gasteiger partial charge < -0.3 is 10.2 Å². The molecule has 2 aromatic carbocycles. The van der Waals surface area contributed by atoms with Crippen molar-refractivity contribution in [1.82, 2.24) is 5.32 Å². The number of aryl methyl sites for hydroxylation is 1. The largest absolute Gasteiger partial charge is 0.344 e. The molecule has 0 spiro atoms. The molecule has 0 saturated carbocycles. The van der Waals surface area contributed by atoms with Gasteiger partial charge in [-0.25, -0.2) is 0 Å². The molecule has 4 heteroatoms. The smallest absolute Gasteiger partial charge is 0.223 e. The Bertz CT molecular complexity index is 916. The zero-order valence-corrected chi connectivity index (χ0v) is 17.6. The Morgan fingerprint density at radius 3 is 2.63 bits per heavy atom. The van der Waals surface area contributed by atoms with Crippen molar-refractivity contribution in [3.05, 3.63) is 69.7 Å². The predicted molar refractivity (Wildman–Crippen MR) is 115 cm³/mol. The molecule has 1 atom stereocenters. The Morgan fingerprint density at radius 2 is 1.93 bits per heavy atom. The summed E-state index contributed by atoms with van der Waals surface area (Å²) in [6.07, 6.45) is 5.84. The second-order valence-corrected chi connectivity index (χ2v) is 8.85. The highest BCUT2D eigenvalue weighted by molar-refractivity contribution is 9.10. The molecule has 2 aliphatic heterocycles. The van der Waals surface area contributed by atoms with Crippen LogP contribution in [0.3, 0.4) is 0 Å². The maximum atomic E-state index is 12.5. The summed E-state index contributed by atoms with van der Waals surface area (Å²) in [6.45, 7) is 7.39. The maximum Gasteiger partial charge on any atom is 0.223 e. The molecular formula is C23H25BrN2O. The molecule has 0 radical (unpaired) electrons. The highest BCUT2D eigenvalue weighted by atomic mass is 79.9. The number of nitrogens with zero attached hydrogens (tertiary/aromatic N) is 1. The lowest BCUT2D eigenvalue weighted by Crippen LogP contribution is -2.68. The van der Waals surface area contributed by atoms with E-state index in [0.717, 1.165) is 23.0 Å². The Hall–Kier alpha value is -2.07. The molecule has 2 aliphatic rings. The van der Waals surface area contributed by atoms with Gasteiger partial charge in [0.1, 0.15) is 5.66 Å². The van der Waals surface area contributed by atoms with Crippen LogP contribution in [0.5, 0.6) is 0 Å². The van der Waals surface area contributed by atoms with Gasteiger partial charge in [-0.05, 0) is 47.4 Å². The van der Waals surface area contributed by atoms with Crippen molar-refractivity contribution in [2.45, 2.75) is 44.7 Å². The van der Waals surface area contributed by atoms with Crippen LogP contribution in [0.1, 0.15) is 43.9 Å². The summed E-state index contributed by atoms with van der Waals surface area (Å²) in [4.78, 5) is 14.8. The third-order valence-electron chi connectivity index (χ3n) is 6.09. The van der Waals surface area contributed by atoms with E-state index in [1.54, 1.807) is 0 Å². The zero-order valence-electron chi connectivity index (χ0n) is 16.1. The topological polar surface area (TPSA) is 32.3 Å². The molecule has 0 aromatic heterocycles. The molecule has 1 unspecified atom stereocenters. The summed E-state index contributed by atoms with van der Waals surface area (Å²) in [5, 5.41) is 3.34. The Morgan fingerprint density at radius 1 is 1.19 bits per heavy atom. The minimum atomic E-state index is -0.551. The molecule has 140 valence electrons. The van der Waals surface area contributed by atoms with Crippen LogP contribution in [0.2, 0.25) is 0 Å². The number of benzene rings is 2. The second kappa shape index (κ2) is 6.52. The summed E-state index contributed by atoms with van der Waals surface area (Å²) >= 11 is 3.49. The average molecular weight is 425 g/mol. The first-order valence-corrected chi connectivity index (χ1v) is 10.3. The van der Waals surface area contributed by atoms with E-state index in [9.17, 15) is 4.79 Å². The van der Waals surface area contributed by atoms with Gasteiger partial charge in [-0.1, -0.05) is 67.0 Å². The summed E-state index contributed by atoms with van der Waals surface area (Å²) in [7, 11) is 0. The van der Waals surface area contributed by atoms with Crippen LogP contribution in [0.15, 0.2) is 53.0 Å². The van der Waals surface area contributed by atoms with Crippen molar-refractivity contribution in [2.24, 2.45) is 0 Å². The molecule has 27 heavy (non-hydrogen) atoms. The van der Waals surface area contributed by atoms with E-state index in [2.05, 4.69) is 89.4 Å². The fraction of sp³-hybridized carbons (Fsp3) is 0.348. The van der Waals surface area contributed by atoms with Crippen molar-refractivity contribution >= 4 is 33.6 Å². The van der Waals surface area contributed by atoms with Crippen LogP contribution in [0.25, 0.3) is 6.08 Å². The molecule has 1 N–H and O–H groups in total. The van der Waals surface area contributed by atoms with E-state index in [4.69, 9.17) is 0 Å². The average Bonchev–Trinajstić information content (AvgIpc) is 2.85. The van der Waals surface area contributed by atoms with Crippen molar-refractivity contribution in [2.75, 3.05) is 11.4 Å². The number of anilines is 1. The first-order chi connectivity index (χ1) is 12.9. The third kappa shape index (κ3) is 2.82. The normalized spacial score (nSPS) is 23.3. The zero-order chi connectivity index (χ0) is 19.2. The molecule has 0 aliphatic carbocycles. The first kappa shape index (κ1) is 18.3.